The molecule has 2 heterocycles. The highest BCUT2D eigenvalue weighted by atomic mass is 15.0. The molecule has 1 unspecified atom stereocenters. The minimum Gasteiger partial charge on any atom is -0.299 e. The molecule has 0 aliphatic heterocycles. The molecule has 0 spiro atoms. The lowest BCUT2D eigenvalue weighted by Gasteiger charge is -2.27. The van der Waals surface area contributed by atoms with Crippen molar-refractivity contribution in [2.45, 2.75) is 84.5 Å². The third kappa shape index (κ3) is 4.32. The molecule has 0 saturated carbocycles. The molecule has 0 fully saturated rings. The van der Waals surface area contributed by atoms with E-state index >= 15 is 0 Å². The molecule has 0 amide bonds. The summed E-state index contributed by atoms with van der Waals surface area (Å²) in [4.78, 5) is 4.92. The number of rotatable bonds is 4. The van der Waals surface area contributed by atoms with Gasteiger partial charge in [-0.1, -0.05) is 97.0 Å². The third-order valence-corrected chi connectivity index (χ3v) is 7.68. The van der Waals surface area contributed by atoms with Gasteiger partial charge in [0.25, 0.3) is 0 Å². The van der Waals surface area contributed by atoms with Gasteiger partial charge < -0.3 is 0 Å². The second kappa shape index (κ2) is 9.07. The predicted molar refractivity (Wildman–Crippen MR) is 156 cm³/mol. The molecule has 5 rings (SSSR count). The van der Waals surface area contributed by atoms with Gasteiger partial charge in [0.05, 0.1) is 5.52 Å². The number of aromatic nitrogens is 2. The highest BCUT2D eigenvalue weighted by molar-refractivity contribution is 6.02. The first-order valence-electron chi connectivity index (χ1n) is 13.5. The van der Waals surface area contributed by atoms with Gasteiger partial charge in [0.1, 0.15) is 5.65 Å². The number of hydrogen-bond acceptors (Lipinski definition) is 1. The summed E-state index contributed by atoms with van der Waals surface area (Å²) in [6, 6.07) is 14.1. The average Bonchev–Trinajstić information content (AvgIpc) is 3.32. The molecule has 1 atom stereocenters. The molecule has 1 aliphatic carbocycles. The fourth-order valence-corrected chi connectivity index (χ4v) is 5.54. The Labute approximate surface area is 216 Å². The number of pyridine rings is 1. The van der Waals surface area contributed by atoms with Gasteiger partial charge in [-0.15, -0.1) is 0 Å². The topological polar surface area (TPSA) is 17.3 Å². The molecular formula is C34H40N2. The molecule has 2 nitrogen and oxygen atoms in total. The van der Waals surface area contributed by atoms with Crippen molar-refractivity contribution >= 4 is 22.6 Å². The van der Waals surface area contributed by atoms with Gasteiger partial charge in [-0.3, -0.25) is 4.40 Å². The largest absolute Gasteiger partial charge is 0.299 e. The highest BCUT2D eigenvalue weighted by Gasteiger charge is 2.26. The van der Waals surface area contributed by atoms with Gasteiger partial charge >= 0.3 is 0 Å². The van der Waals surface area contributed by atoms with Crippen LogP contribution in [0.15, 0.2) is 67.0 Å². The van der Waals surface area contributed by atoms with E-state index in [2.05, 4.69) is 120 Å². The van der Waals surface area contributed by atoms with E-state index in [1.165, 1.54) is 44.3 Å². The number of nitrogens with zero attached hydrogens (tertiary/aromatic N) is 2. The van der Waals surface area contributed by atoms with Gasteiger partial charge in [0, 0.05) is 28.9 Å². The van der Waals surface area contributed by atoms with E-state index in [-0.39, 0.29) is 10.8 Å². The fraction of sp³-hybridized carbons (Fsp3) is 0.382. The first-order chi connectivity index (χ1) is 17.1. The summed E-state index contributed by atoms with van der Waals surface area (Å²) >= 11 is 0. The van der Waals surface area contributed by atoms with Gasteiger partial charge in [0.15, 0.2) is 0 Å². The Hall–Kier alpha value is -3.13. The molecule has 36 heavy (non-hydrogen) atoms. The standard InChI is InChI=1S/C34H40N2/c1-8-9-10-12-24-13-11-14-27-29-22-26(34(5,6)7)21-28(23-15-17-25(18-16-23)33(2,3)4)31(29)36-20-19-35-32(36)30(24)27/h9-11,14-22,24H,8,12-13H2,1-7H3. The predicted octanol–water partition coefficient (Wildman–Crippen LogP) is 9.61. The van der Waals surface area contributed by atoms with Gasteiger partial charge in [-0.2, -0.15) is 0 Å². The first kappa shape index (κ1) is 24.6. The Morgan fingerprint density at radius 2 is 1.67 bits per heavy atom. The van der Waals surface area contributed by atoms with Crippen molar-refractivity contribution in [1.29, 1.82) is 0 Å². The molecular weight excluding hydrogens is 436 g/mol. The van der Waals surface area contributed by atoms with Crippen molar-refractivity contribution in [1.82, 2.24) is 9.38 Å². The Bertz CT molecular complexity index is 1460. The first-order valence-corrected chi connectivity index (χ1v) is 13.5. The van der Waals surface area contributed by atoms with Crippen LogP contribution in [-0.4, -0.2) is 9.38 Å². The molecule has 0 bridgehead atoms. The van der Waals surface area contributed by atoms with Crippen molar-refractivity contribution in [3.8, 4) is 11.1 Å². The van der Waals surface area contributed by atoms with E-state index in [9.17, 15) is 0 Å². The lowest BCUT2D eigenvalue weighted by molar-refractivity contribution is 0.590. The fourth-order valence-electron chi connectivity index (χ4n) is 5.54. The normalized spacial score (nSPS) is 16.4. The molecule has 0 radical (unpaired) electrons. The summed E-state index contributed by atoms with van der Waals surface area (Å²) in [5.41, 5.74) is 10.6. The molecule has 2 aromatic carbocycles. The van der Waals surface area contributed by atoms with Crippen LogP contribution in [0.5, 0.6) is 0 Å². The van der Waals surface area contributed by atoms with Gasteiger partial charge in [-0.05, 0) is 70.4 Å². The maximum atomic E-state index is 4.92. The van der Waals surface area contributed by atoms with Crippen molar-refractivity contribution in [2.24, 2.45) is 0 Å². The van der Waals surface area contributed by atoms with Crippen molar-refractivity contribution in [2.75, 3.05) is 0 Å². The summed E-state index contributed by atoms with van der Waals surface area (Å²) in [6.07, 6.45) is 16.7. The summed E-state index contributed by atoms with van der Waals surface area (Å²) in [7, 11) is 0. The lowest BCUT2D eigenvalue weighted by atomic mass is 9.79. The smallest absolute Gasteiger partial charge is 0.141 e. The zero-order chi connectivity index (χ0) is 25.7. The van der Waals surface area contributed by atoms with Crippen LogP contribution in [0.2, 0.25) is 0 Å². The minimum absolute atomic E-state index is 0.0483. The second-order valence-corrected chi connectivity index (χ2v) is 12.4. The molecule has 1 aliphatic rings. The van der Waals surface area contributed by atoms with Crippen LogP contribution in [-0.2, 0) is 10.8 Å². The highest BCUT2D eigenvalue weighted by Crippen LogP contribution is 2.43. The Kier molecular flexibility index (Phi) is 6.19. The van der Waals surface area contributed by atoms with Crippen molar-refractivity contribution in [3.05, 3.63) is 89.3 Å². The van der Waals surface area contributed by atoms with Crippen molar-refractivity contribution < 1.29 is 0 Å². The molecule has 0 saturated heterocycles. The summed E-state index contributed by atoms with van der Waals surface area (Å²) in [5, 5.41) is 1.33. The average molecular weight is 477 g/mol. The summed E-state index contributed by atoms with van der Waals surface area (Å²) in [5.74, 6) is 0.454. The van der Waals surface area contributed by atoms with Crippen LogP contribution in [0.4, 0.5) is 0 Å². The SMILES string of the molecule is CCC=CCC1CC=Cc2c1c1nccn1c1c(-c3ccc(C(C)(C)C)cc3)cc(C(C)(C)C)cc21. The quantitative estimate of drug-likeness (QED) is 0.268. The maximum absolute atomic E-state index is 4.92. The number of allylic oxidation sites excluding steroid dienone is 3. The Morgan fingerprint density at radius 3 is 2.33 bits per heavy atom. The zero-order valence-electron chi connectivity index (χ0n) is 23.0. The van der Waals surface area contributed by atoms with E-state index < -0.39 is 0 Å². The number of imidazole rings is 1. The van der Waals surface area contributed by atoms with E-state index in [1.807, 2.05) is 6.20 Å². The zero-order valence-corrected chi connectivity index (χ0v) is 23.0. The van der Waals surface area contributed by atoms with Gasteiger partial charge in [-0.25, -0.2) is 4.98 Å². The van der Waals surface area contributed by atoms with Crippen LogP contribution in [0.1, 0.15) is 95.9 Å². The van der Waals surface area contributed by atoms with E-state index in [0.717, 1.165) is 24.9 Å². The third-order valence-electron chi connectivity index (χ3n) is 7.68. The van der Waals surface area contributed by atoms with Crippen LogP contribution in [0.25, 0.3) is 33.8 Å². The van der Waals surface area contributed by atoms with Crippen LogP contribution in [0, 0.1) is 0 Å². The Balaban J connectivity index is 1.84. The van der Waals surface area contributed by atoms with E-state index in [1.54, 1.807) is 0 Å². The lowest BCUT2D eigenvalue weighted by Crippen LogP contribution is -2.13. The molecule has 0 N–H and O–H groups in total. The van der Waals surface area contributed by atoms with Gasteiger partial charge in [0.2, 0.25) is 0 Å². The molecule has 186 valence electrons. The van der Waals surface area contributed by atoms with E-state index in [0.29, 0.717) is 5.92 Å². The number of hydrogen-bond donors (Lipinski definition) is 0. The molecule has 2 aromatic heterocycles. The summed E-state index contributed by atoms with van der Waals surface area (Å²) < 4.78 is 2.35. The number of benzene rings is 2. The van der Waals surface area contributed by atoms with Crippen LogP contribution >= 0.6 is 0 Å². The summed E-state index contributed by atoms with van der Waals surface area (Å²) in [6.45, 7) is 16.0. The molecule has 2 heteroatoms. The second-order valence-electron chi connectivity index (χ2n) is 12.4. The monoisotopic (exact) mass is 476 g/mol. The molecule has 4 aromatic rings. The Morgan fingerprint density at radius 1 is 0.944 bits per heavy atom. The van der Waals surface area contributed by atoms with E-state index in [4.69, 9.17) is 4.98 Å². The maximum Gasteiger partial charge on any atom is 0.141 e. The minimum atomic E-state index is 0.0483. The van der Waals surface area contributed by atoms with Crippen LogP contribution < -0.4 is 0 Å². The van der Waals surface area contributed by atoms with Crippen molar-refractivity contribution in [3.63, 3.8) is 0 Å². The van der Waals surface area contributed by atoms with Crippen LogP contribution in [0.3, 0.4) is 0 Å². The number of fused-ring (bicyclic) bond motifs is 6.